The Bertz CT molecular complexity index is 851. The third-order valence-corrected chi connectivity index (χ3v) is 4.83. The molecule has 5 nitrogen and oxygen atoms in total. The molecule has 0 saturated heterocycles. The Labute approximate surface area is 160 Å². The second-order valence-corrected chi connectivity index (χ2v) is 7.25. The molecule has 26 heavy (non-hydrogen) atoms. The molecule has 1 aliphatic rings. The number of nitrogens with zero attached hydrogens (tertiary/aromatic N) is 1. The monoisotopic (exact) mass is 442 g/mol. The zero-order valence-electron chi connectivity index (χ0n) is 13.2. The predicted octanol–water partition coefficient (Wildman–Crippen LogP) is 4.13. The van der Waals surface area contributed by atoms with Crippen molar-refractivity contribution in [3.63, 3.8) is 0 Å². The third kappa shape index (κ3) is 4.34. The molecule has 2 aromatic rings. The number of hydrogen-bond acceptors (Lipinski definition) is 4. The fourth-order valence-corrected chi connectivity index (χ4v) is 3.39. The topological polar surface area (TPSA) is 58.6 Å². The number of carbonyl (C=O) groups excluding carboxylic acids is 2. The first kappa shape index (κ1) is 18.7. The summed E-state index contributed by atoms with van der Waals surface area (Å²) >= 11 is 3.67. The molecule has 0 spiro atoms. The molecule has 0 bridgehead atoms. The summed E-state index contributed by atoms with van der Waals surface area (Å²) < 4.78 is 31.4. The largest absolute Gasteiger partial charge is 0.482 e. The minimum atomic E-state index is -2.60. The van der Waals surface area contributed by atoms with Gasteiger partial charge in [-0.15, -0.1) is 0 Å². The quantitative estimate of drug-likeness (QED) is 0.707. The van der Waals surface area contributed by atoms with Gasteiger partial charge in [0.05, 0.1) is 11.4 Å². The summed E-state index contributed by atoms with van der Waals surface area (Å²) in [5.41, 5.74) is 0.759. The Morgan fingerprint density at radius 1 is 1.31 bits per heavy atom. The van der Waals surface area contributed by atoms with E-state index >= 15 is 0 Å². The van der Waals surface area contributed by atoms with Gasteiger partial charge in [0.25, 0.3) is 11.7 Å². The fourth-order valence-electron chi connectivity index (χ4n) is 2.45. The van der Waals surface area contributed by atoms with E-state index in [0.29, 0.717) is 23.2 Å². The first-order valence-electron chi connectivity index (χ1n) is 7.50. The SMILES string of the molecule is O=C(CN1C(=O)COc2cc(Br)ccc21)Nc1ccccc1SC(F)F. The highest BCUT2D eigenvalue weighted by Gasteiger charge is 2.27. The van der Waals surface area contributed by atoms with Crippen LogP contribution in [0.4, 0.5) is 20.2 Å². The van der Waals surface area contributed by atoms with Crippen LogP contribution in [0.5, 0.6) is 5.75 Å². The highest BCUT2D eigenvalue weighted by molar-refractivity contribution is 9.10. The maximum Gasteiger partial charge on any atom is 0.288 e. The van der Waals surface area contributed by atoms with E-state index in [9.17, 15) is 18.4 Å². The Morgan fingerprint density at radius 2 is 2.08 bits per heavy atom. The van der Waals surface area contributed by atoms with Gasteiger partial charge in [0, 0.05) is 9.37 Å². The number of ether oxygens (including phenoxy) is 1. The second kappa shape index (κ2) is 8.05. The molecule has 1 N–H and O–H groups in total. The van der Waals surface area contributed by atoms with Gasteiger partial charge < -0.3 is 10.1 Å². The summed E-state index contributed by atoms with van der Waals surface area (Å²) in [5, 5.41) is 2.59. The first-order valence-corrected chi connectivity index (χ1v) is 9.17. The lowest BCUT2D eigenvalue weighted by molar-refractivity contribution is -0.123. The van der Waals surface area contributed by atoms with Gasteiger partial charge in [-0.3, -0.25) is 14.5 Å². The molecule has 0 atom stereocenters. The number of benzene rings is 2. The summed E-state index contributed by atoms with van der Waals surface area (Å²) in [5.74, 6) is -2.96. The number of carbonyl (C=O) groups is 2. The number of halogens is 3. The van der Waals surface area contributed by atoms with Crippen molar-refractivity contribution in [1.82, 2.24) is 0 Å². The number of para-hydroxylation sites is 1. The maximum absolute atomic E-state index is 12.6. The van der Waals surface area contributed by atoms with Gasteiger partial charge in [-0.25, -0.2) is 0 Å². The van der Waals surface area contributed by atoms with Crippen LogP contribution in [0, 0.1) is 0 Å². The Balaban J connectivity index is 1.76. The number of fused-ring (bicyclic) bond motifs is 1. The zero-order valence-corrected chi connectivity index (χ0v) is 15.6. The summed E-state index contributed by atoms with van der Waals surface area (Å²) in [6.45, 7) is -0.418. The molecule has 2 aromatic carbocycles. The van der Waals surface area contributed by atoms with Gasteiger partial charge in [-0.05, 0) is 30.3 Å². The molecular weight excluding hydrogens is 430 g/mol. The summed E-state index contributed by atoms with van der Waals surface area (Å²) in [6.07, 6.45) is 0. The van der Waals surface area contributed by atoms with Crippen molar-refractivity contribution < 1.29 is 23.1 Å². The van der Waals surface area contributed by atoms with Gasteiger partial charge in [0.15, 0.2) is 6.61 Å². The Hall–Kier alpha value is -2.13. The molecule has 0 aromatic heterocycles. The Morgan fingerprint density at radius 3 is 2.85 bits per heavy atom. The lowest BCUT2D eigenvalue weighted by Crippen LogP contribution is -2.43. The highest BCUT2D eigenvalue weighted by atomic mass is 79.9. The third-order valence-electron chi connectivity index (χ3n) is 3.54. The average molecular weight is 443 g/mol. The van der Waals surface area contributed by atoms with Crippen LogP contribution < -0.4 is 15.0 Å². The normalized spacial score (nSPS) is 13.4. The summed E-state index contributed by atoms with van der Waals surface area (Å²) in [6, 6.07) is 11.4. The smallest absolute Gasteiger partial charge is 0.288 e. The molecule has 0 aliphatic carbocycles. The van der Waals surface area contributed by atoms with Crippen LogP contribution in [0.15, 0.2) is 51.8 Å². The number of thioether (sulfide) groups is 1. The van der Waals surface area contributed by atoms with Crippen LogP contribution >= 0.6 is 27.7 Å². The average Bonchev–Trinajstić information content (AvgIpc) is 2.59. The minimum absolute atomic E-state index is 0.172. The van der Waals surface area contributed by atoms with Crippen molar-refractivity contribution in [3.8, 4) is 5.75 Å². The second-order valence-electron chi connectivity index (χ2n) is 5.30. The zero-order chi connectivity index (χ0) is 18.7. The molecule has 1 aliphatic heterocycles. The lowest BCUT2D eigenvalue weighted by Gasteiger charge is -2.29. The van der Waals surface area contributed by atoms with Crippen molar-refractivity contribution in [2.75, 3.05) is 23.4 Å². The van der Waals surface area contributed by atoms with E-state index < -0.39 is 11.7 Å². The summed E-state index contributed by atoms with van der Waals surface area (Å²) in [4.78, 5) is 26.1. The number of rotatable bonds is 5. The van der Waals surface area contributed by atoms with Gasteiger partial charge >= 0.3 is 0 Å². The van der Waals surface area contributed by atoms with Crippen LogP contribution in [-0.4, -0.2) is 30.7 Å². The number of anilines is 2. The van der Waals surface area contributed by atoms with E-state index in [1.165, 1.54) is 17.0 Å². The van der Waals surface area contributed by atoms with E-state index in [1.54, 1.807) is 30.3 Å². The number of alkyl halides is 2. The standard InChI is InChI=1S/C17H13BrF2N2O3S/c18-10-5-6-12-13(7-10)25-9-16(24)22(12)8-15(23)21-11-3-1-2-4-14(11)26-17(19)20/h1-7,17H,8-9H2,(H,21,23). The Kier molecular flexibility index (Phi) is 5.77. The fraction of sp³-hybridized carbons (Fsp3) is 0.176. The molecule has 2 amide bonds. The van der Waals surface area contributed by atoms with Gasteiger partial charge in [0.2, 0.25) is 5.91 Å². The van der Waals surface area contributed by atoms with Crippen LogP contribution in [0.3, 0.4) is 0 Å². The van der Waals surface area contributed by atoms with Crippen molar-refractivity contribution in [3.05, 3.63) is 46.9 Å². The van der Waals surface area contributed by atoms with Gasteiger partial charge in [-0.2, -0.15) is 8.78 Å². The molecular formula is C17H13BrF2N2O3S. The van der Waals surface area contributed by atoms with Crippen molar-refractivity contribution in [2.24, 2.45) is 0 Å². The highest BCUT2D eigenvalue weighted by Crippen LogP contribution is 2.35. The van der Waals surface area contributed by atoms with Crippen molar-refractivity contribution in [1.29, 1.82) is 0 Å². The lowest BCUT2D eigenvalue weighted by atomic mass is 10.2. The van der Waals surface area contributed by atoms with E-state index in [2.05, 4.69) is 21.2 Å². The van der Waals surface area contributed by atoms with E-state index in [4.69, 9.17) is 4.74 Å². The molecule has 0 radical (unpaired) electrons. The molecule has 136 valence electrons. The van der Waals surface area contributed by atoms with Crippen LogP contribution in [0.2, 0.25) is 0 Å². The van der Waals surface area contributed by atoms with Crippen LogP contribution in [-0.2, 0) is 9.59 Å². The first-order chi connectivity index (χ1) is 12.4. The van der Waals surface area contributed by atoms with Crippen LogP contribution in [0.1, 0.15) is 0 Å². The van der Waals surface area contributed by atoms with E-state index in [-0.39, 0.29) is 29.6 Å². The van der Waals surface area contributed by atoms with E-state index in [0.717, 1.165) is 4.47 Å². The number of amides is 2. The maximum atomic E-state index is 12.6. The van der Waals surface area contributed by atoms with Crippen LogP contribution in [0.25, 0.3) is 0 Å². The molecule has 0 saturated carbocycles. The van der Waals surface area contributed by atoms with E-state index in [1.807, 2.05) is 0 Å². The van der Waals surface area contributed by atoms with Crippen molar-refractivity contribution in [2.45, 2.75) is 10.7 Å². The molecule has 1 heterocycles. The van der Waals surface area contributed by atoms with Gasteiger partial charge in [0.1, 0.15) is 12.3 Å². The minimum Gasteiger partial charge on any atom is -0.482 e. The molecule has 0 fully saturated rings. The number of hydrogen-bond donors (Lipinski definition) is 1. The van der Waals surface area contributed by atoms with Gasteiger partial charge in [-0.1, -0.05) is 39.8 Å². The van der Waals surface area contributed by atoms with Crippen molar-refractivity contribution >= 4 is 50.9 Å². The number of nitrogens with one attached hydrogen (secondary N) is 1. The molecule has 3 rings (SSSR count). The summed E-state index contributed by atoms with van der Waals surface area (Å²) in [7, 11) is 0. The molecule has 9 heteroatoms. The molecule has 0 unspecified atom stereocenters. The predicted molar refractivity (Wildman–Crippen MR) is 98.9 cm³/mol.